The first-order chi connectivity index (χ1) is 12.1. The Labute approximate surface area is 147 Å². The van der Waals surface area contributed by atoms with E-state index in [1.807, 2.05) is 6.07 Å². The maximum Gasteiger partial charge on any atom is 0.103 e. The van der Waals surface area contributed by atoms with Gasteiger partial charge >= 0.3 is 0 Å². The minimum absolute atomic E-state index is 0.0864. The summed E-state index contributed by atoms with van der Waals surface area (Å²) < 4.78 is 0. The fourth-order valence-corrected chi connectivity index (χ4v) is 3.80. The lowest BCUT2D eigenvalue weighted by Crippen LogP contribution is -2.28. The Bertz CT molecular complexity index is 971. The number of benzene rings is 1. The van der Waals surface area contributed by atoms with Gasteiger partial charge in [0.2, 0.25) is 0 Å². The van der Waals surface area contributed by atoms with Crippen LogP contribution in [0.1, 0.15) is 30.0 Å². The molecule has 0 spiro atoms. The van der Waals surface area contributed by atoms with Crippen molar-refractivity contribution in [3.05, 3.63) is 65.6 Å². The van der Waals surface area contributed by atoms with Crippen LogP contribution in [0.2, 0.25) is 0 Å². The van der Waals surface area contributed by atoms with E-state index in [1.54, 1.807) is 18.6 Å². The number of pyridine rings is 2. The SMILES string of the molecule is Cc1ccc(C2(C)CCN(c3c(C#N)cnc4cnccc34)C2)cc1. The van der Waals surface area contributed by atoms with E-state index in [0.717, 1.165) is 36.1 Å². The number of aromatic nitrogens is 2. The molecule has 1 aliphatic heterocycles. The molecule has 0 aliphatic carbocycles. The minimum Gasteiger partial charge on any atom is -0.369 e. The van der Waals surface area contributed by atoms with Gasteiger partial charge in [0.1, 0.15) is 6.07 Å². The number of rotatable bonds is 2. The smallest absolute Gasteiger partial charge is 0.103 e. The van der Waals surface area contributed by atoms with Gasteiger partial charge in [-0.2, -0.15) is 5.26 Å². The summed E-state index contributed by atoms with van der Waals surface area (Å²) >= 11 is 0. The zero-order chi connectivity index (χ0) is 17.4. The molecule has 4 rings (SSSR count). The van der Waals surface area contributed by atoms with Crippen LogP contribution in [0.15, 0.2) is 48.9 Å². The molecule has 1 aromatic carbocycles. The fourth-order valence-electron chi connectivity index (χ4n) is 3.80. The molecular formula is C21H20N4. The van der Waals surface area contributed by atoms with Crippen molar-refractivity contribution in [2.75, 3.05) is 18.0 Å². The van der Waals surface area contributed by atoms with Crippen LogP contribution < -0.4 is 4.90 Å². The third-order valence-electron chi connectivity index (χ3n) is 5.30. The van der Waals surface area contributed by atoms with Crippen molar-refractivity contribution in [2.45, 2.75) is 25.7 Å². The molecule has 3 aromatic rings. The second-order valence-electron chi connectivity index (χ2n) is 7.12. The molecule has 0 N–H and O–H groups in total. The Morgan fingerprint density at radius 1 is 1.16 bits per heavy atom. The quantitative estimate of drug-likeness (QED) is 0.714. The van der Waals surface area contributed by atoms with Gasteiger partial charge in [0.05, 0.1) is 23.0 Å². The van der Waals surface area contributed by atoms with Gasteiger partial charge in [-0.15, -0.1) is 0 Å². The summed E-state index contributed by atoms with van der Waals surface area (Å²) in [4.78, 5) is 10.9. The molecule has 124 valence electrons. The molecule has 1 fully saturated rings. The van der Waals surface area contributed by atoms with E-state index in [2.05, 4.69) is 59.1 Å². The van der Waals surface area contributed by atoms with Crippen LogP contribution >= 0.6 is 0 Å². The average Bonchev–Trinajstić information content (AvgIpc) is 3.04. The first kappa shape index (κ1) is 15.6. The molecule has 3 heterocycles. The zero-order valence-corrected chi connectivity index (χ0v) is 14.5. The predicted octanol–water partition coefficient (Wildman–Crippen LogP) is 3.98. The highest BCUT2D eigenvalue weighted by atomic mass is 15.2. The molecule has 0 saturated carbocycles. The third kappa shape index (κ3) is 2.62. The molecule has 25 heavy (non-hydrogen) atoms. The molecule has 0 radical (unpaired) electrons. The Hall–Kier alpha value is -2.93. The molecular weight excluding hydrogens is 308 g/mol. The lowest BCUT2D eigenvalue weighted by atomic mass is 9.81. The summed E-state index contributed by atoms with van der Waals surface area (Å²) in [7, 11) is 0. The third-order valence-corrected chi connectivity index (χ3v) is 5.30. The molecule has 0 amide bonds. The van der Waals surface area contributed by atoms with Gasteiger partial charge in [-0.25, -0.2) is 0 Å². The summed E-state index contributed by atoms with van der Waals surface area (Å²) in [6.45, 7) is 6.25. The van der Waals surface area contributed by atoms with Crippen LogP contribution in [-0.4, -0.2) is 23.1 Å². The molecule has 4 nitrogen and oxygen atoms in total. The topological polar surface area (TPSA) is 52.8 Å². The van der Waals surface area contributed by atoms with Crippen molar-refractivity contribution >= 4 is 16.6 Å². The lowest BCUT2D eigenvalue weighted by Gasteiger charge is -2.27. The van der Waals surface area contributed by atoms with Gasteiger partial charge in [-0.3, -0.25) is 9.97 Å². The molecule has 1 atom stereocenters. The second-order valence-corrected chi connectivity index (χ2v) is 7.12. The Kier molecular flexibility index (Phi) is 3.65. The van der Waals surface area contributed by atoms with Gasteiger partial charge in [0.25, 0.3) is 0 Å². The molecule has 1 aliphatic rings. The van der Waals surface area contributed by atoms with Crippen molar-refractivity contribution in [1.29, 1.82) is 5.26 Å². The summed E-state index contributed by atoms with van der Waals surface area (Å²) in [5.74, 6) is 0. The molecule has 0 bridgehead atoms. The fraction of sp³-hybridized carbons (Fsp3) is 0.286. The van der Waals surface area contributed by atoms with Crippen LogP contribution in [-0.2, 0) is 5.41 Å². The van der Waals surface area contributed by atoms with Gasteiger partial charge in [0, 0.05) is 36.3 Å². The number of nitrogens with zero attached hydrogens (tertiary/aromatic N) is 4. The summed E-state index contributed by atoms with van der Waals surface area (Å²) in [5.41, 5.74) is 5.18. The number of aryl methyl sites for hydroxylation is 1. The van der Waals surface area contributed by atoms with Crippen LogP contribution in [0.4, 0.5) is 5.69 Å². The standard InChI is InChI=1S/C21H20N4/c1-15-3-5-17(6-4-15)21(2)8-10-25(14-21)20-16(11-22)12-24-19-13-23-9-7-18(19)20/h3-7,9,12-13H,8,10,14H2,1-2H3. The number of anilines is 1. The maximum absolute atomic E-state index is 9.58. The Balaban J connectivity index is 1.76. The Morgan fingerprint density at radius 3 is 2.72 bits per heavy atom. The summed E-state index contributed by atoms with van der Waals surface area (Å²) in [5, 5.41) is 10.6. The maximum atomic E-state index is 9.58. The normalized spacial score (nSPS) is 20.0. The lowest BCUT2D eigenvalue weighted by molar-refractivity contribution is 0.531. The van der Waals surface area contributed by atoms with Crippen molar-refractivity contribution in [2.24, 2.45) is 0 Å². The Morgan fingerprint density at radius 2 is 1.96 bits per heavy atom. The van der Waals surface area contributed by atoms with Crippen LogP contribution in [0, 0.1) is 18.3 Å². The van der Waals surface area contributed by atoms with Gasteiger partial charge in [-0.1, -0.05) is 36.8 Å². The zero-order valence-electron chi connectivity index (χ0n) is 14.5. The summed E-state index contributed by atoms with van der Waals surface area (Å²) in [6, 6.07) is 13.1. The van der Waals surface area contributed by atoms with Crippen molar-refractivity contribution < 1.29 is 0 Å². The van der Waals surface area contributed by atoms with Crippen LogP contribution in [0.25, 0.3) is 10.9 Å². The van der Waals surface area contributed by atoms with Crippen LogP contribution in [0.5, 0.6) is 0 Å². The van der Waals surface area contributed by atoms with E-state index in [1.165, 1.54) is 11.1 Å². The van der Waals surface area contributed by atoms with Crippen molar-refractivity contribution in [3.8, 4) is 6.07 Å². The van der Waals surface area contributed by atoms with E-state index in [0.29, 0.717) is 5.56 Å². The molecule has 2 aromatic heterocycles. The van der Waals surface area contributed by atoms with E-state index in [9.17, 15) is 5.26 Å². The highest BCUT2D eigenvalue weighted by Gasteiger charge is 2.36. The van der Waals surface area contributed by atoms with E-state index in [4.69, 9.17) is 0 Å². The number of fused-ring (bicyclic) bond motifs is 1. The van der Waals surface area contributed by atoms with Gasteiger partial charge < -0.3 is 4.90 Å². The molecule has 1 unspecified atom stereocenters. The number of hydrogen-bond donors (Lipinski definition) is 0. The largest absolute Gasteiger partial charge is 0.369 e. The highest BCUT2D eigenvalue weighted by Crippen LogP contribution is 2.39. The van der Waals surface area contributed by atoms with Crippen molar-refractivity contribution in [3.63, 3.8) is 0 Å². The molecule has 4 heteroatoms. The van der Waals surface area contributed by atoms with E-state index >= 15 is 0 Å². The van der Waals surface area contributed by atoms with E-state index in [-0.39, 0.29) is 5.41 Å². The number of hydrogen-bond acceptors (Lipinski definition) is 4. The minimum atomic E-state index is 0.0864. The van der Waals surface area contributed by atoms with Gasteiger partial charge in [-0.05, 0) is 25.0 Å². The summed E-state index contributed by atoms with van der Waals surface area (Å²) in [6.07, 6.45) is 6.26. The van der Waals surface area contributed by atoms with Gasteiger partial charge in [0.15, 0.2) is 0 Å². The average molecular weight is 328 g/mol. The van der Waals surface area contributed by atoms with E-state index < -0.39 is 0 Å². The second kappa shape index (κ2) is 5.86. The van der Waals surface area contributed by atoms with Crippen LogP contribution in [0.3, 0.4) is 0 Å². The first-order valence-corrected chi connectivity index (χ1v) is 8.56. The number of nitriles is 1. The van der Waals surface area contributed by atoms with Crippen molar-refractivity contribution in [1.82, 2.24) is 9.97 Å². The predicted molar refractivity (Wildman–Crippen MR) is 99.6 cm³/mol. The molecule has 1 saturated heterocycles. The first-order valence-electron chi connectivity index (χ1n) is 8.56. The highest BCUT2D eigenvalue weighted by molar-refractivity contribution is 5.94. The monoisotopic (exact) mass is 328 g/mol.